The van der Waals surface area contributed by atoms with Gasteiger partial charge in [-0.15, -0.1) is 0 Å². The Morgan fingerprint density at radius 2 is 1.87 bits per heavy atom. The number of hydrogen-bond donors (Lipinski definition) is 2. The molecule has 0 aliphatic heterocycles. The average molecular weight is 215 g/mol. The van der Waals surface area contributed by atoms with Crippen molar-refractivity contribution in [2.24, 2.45) is 5.92 Å². The third-order valence-corrected chi connectivity index (χ3v) is 3.46. The summed E-state index contributed by atoms with van der Waals surface area (Å²) >= 11 is 0. The molecule has 1 atom stereocenters. The van der Waals surface area contributed by atoms with Gasteiger partial charge in [-0.2, -0.15) is 0 Å². The van der Waals surface area contributed by atoms with Gasteiger partial charge < -0.3 is 15.2 Å². The second-order valence-corrected chi connectivity index (χ2v) is 4.91. The third-order valence-electron chi connectivity index (χ3n) is 3.46. The molecule has 0 aromatic rings. The molecule has 0 aromatic heterocycles. The van der Waals surface area contributed by atoms with Crippen LogP contribution in [-0.2, 0) is 4.74 Å². The first kappa shape index (κ1) is 12.9. The predicted octanol–water partition coefficient (Wildman–Crippen LogP) is 1.55. The van der Waals surface area contributed by atoms with E-state index in [1.54, 1.807) is 7.11 Å². The van der Waals surface area contributed by atoms with Gasteiger partial charge in [0.25, 0.3) is 0 Å². The number of aliphatic hydroxyl groups is 1. The second kappa shape index (κ2) is 6.46. The van der Waals surface area contributed by atoms with Crippen LogP contribution < -0.4 is 5.32 Å². The molecule has 0 bridgehead atoms. The molecule has 0 amide bonds. The van der Waals surface area contributed by atoms with Crippen LogP contribution in [0.25, 0.3) is 0 Å². The molecule has 0 unspecified atom stereocenters. The Kier molecular flexibility index (Phi) is 5.58. The summed E-state index contributed by atoms with van der Waals surface area (Å²) in [5.41, 5.74) is 0. The summed E-state index contributed by atoms with van der Waals surface area (Å²) in [5.74, 6) is 0.496. The van der Waals surface area contributed by atoms with Gasteiger partial charge in [-0.1, -0.05) is 13.8 Å². The number of rotatable bonds is 5. The minimum absolute atomic E-state index is 0.238. The molecular formula is C12H25NO2. The van der Waals surface area contributed by atoms with E-state index in [9.17, 15) is 5.11 Å². The molecule has 1 saturated carbocycles. The summed E-state index contributed by atoms with van der Waals surface area (Å²) in [5, 5.41) is 12.8. The summed E-state index contributed by atoms with van der Waals surface area (Å²) in [6.45, 7) is 4.53. The van der Waals surface area contributed by atoms with Gasteiger partial charge in [-0.05, 0) is 31.6 Å². The predicted molar refractivity (Wildman–Crippen MR) is 61.9 cm³/mol. The molecule has 2 N–H and O–H groups in total. The summed E-state index contributed by atoms with van der Waals surface area (Å²) in [6.07, 6.45) is 5.08. The summed E-state index contributed by atoms with van der Waals surface area (Å²) in [6, 6.07) is 0.810. The molecule has 0 spiro atoms. The molecule has 0 saturated heterocycles. The average Bonchev–Trinajstić information content (AvgIpc) is 2.26. The van der Waals surface area contributed by atoms with E-state index in [4.69, 9.17) is 4.74 Å². The zero-order chi connectivity index (χ0) is 11.3. The monoisotopic (exact) mass is 215 g/mol. The van der Waals surface area contributed by atoms with Crippen LogP contribution in [0.1, 0.15) is 39.5 Å². The molecule has 3 heteroatoms. The van der Waals surface area contributed by atoms with Crippen molar-refractivity contribution in [3.63, 3.8) is 0 Å². The Balaban J connectivity index is 2.28. The highest BCUT2D eigenvalue weighted by atomic mass is 16.5. The van der Waals surface area contributed by atoms with E-state index in [0.29, 0.717) is 18.1 Å². The molecular weight excluding hydrogens is 190 g/mol. The maximum atomic E-state index is 9.24. The minimum atomic E-state index is 0.238. The lowest BCUT2D eigenvalue weighted by molar-refractivity contribution is 0.0582. The normalized spacial score (nSPS) is 29.4. The molecule has 1 aliphatic rings. The van der Waals surface area contributed by atoms with Gasteiger partial charge >= 0.3 is 0 Å². The highest BCUT2D eigenvalue weighted by Crippen LogP contribution is 2.21. The molecule has 1 rings (SSSR count). The van der Waals surface area contributed by atoms with Gasteiger partial charge in [0.05, 0.1) is 12.7 Å². The summed E-state index contributed by atoms with van der Waals surface area (Å²) in [4.78, 5) is 0. The van der Waals surface area contributed by atoms with Crippen LogP contribution in [-0.4, -0.2) is 37.0 Å². The van der Waals surface area contributed by atoms with Gasteiger partial charge in [0.15, 0.2) is 0 Å². The highest BCUT2D eigenvalue weighted by Gasteiger charge is 2.23. The van der Waals surface area contributed by atoms with Crippen LogP contribution in [0.3, 0.4) is 0 Å². The Morgan fingerprint density at radius 1 is 1.27 bits per heavy atom. The van der Waals surface area contributed by atoms with E-state index < -0.39 is 0 Å². The van der Waals surface area contributed by atoms with Gasteiger partial charge in [0, 0.05) is 19.2 Å². The number of hydrogen-bond acceptors (Lipinski definition) is 3. The van der Waals surface area contributed by atoms with Gasteiger partial charge in [-0.25, -0.2) is 0 Å². The lowest BCUT2D eigenvalue weighted by atomic mass is 9.91. The number of nitrogens with one attached hydrogen (secondary N) is 1. The lowest BCUT2D eigenvalue weighted by Gasteiger charge is -2.32. The fourth-order valence-electron chi connectivity index (χ4n) is 2.22. The highest BCUT2D eigenvalue weighted by molar-refractivity contribution is 4.81. The van der Waals surface area contributed by atoms with E-state index in [2.05, 4.69) is 19.2 Å². The summed E-state index contributed by atoms with van der Waals surface area (Å²) < 4.78 is 5.34. The van der Waals surface area contributed by atoms with Crippen molar-refractivity contribution >= 4 is 0 Å². The van der Waals surface area contributed by atoms with Crippen LogP contribution in [0.4, 0.5) is 0 Å². The largest absolute Gasteiger partial charge is 0.395 e. The third kappa shape index (κ3) is 4.09. The van der Waals surface area contributed by atoms with Crippen molar-refractivity contribution in [3.8, 4) is 0 Å². The van der Waals surface area contributed by atoms with Crippen molar-refractivity contribution in [1.29, 1.82) is 0 Å². The van der Waals surface area contributed by atoms with E-state index in [0.717, 1.165) is 12.8 Å². The van der Waals surface area contributed by atoms with Gasteiger partial charge in [0.2, 0.25) is 0 Å². The molecule has 0 aromatic carbocycles. The topological polar surface area (TPSA) is 41.5 Å². The van der Waals surface area contributed by atoms with Crippen LogP contribution in [0.5, 0.6) is 0 Å². The first-order chi connectivity index (χ1) is 7.17. The fourth-order valence-corrected chi connectivity index (χ4v) is 2.22. The van der Waals surface area contributed by atoms with E-state index >= 15 is 0 Å². The Morgan fingerprint density at radius 3 is 2.27 bits per heavy atom. The second-order valence-electron chi connectivity index (χ2n) is 4.91. The van der Waals surface area contributed by atoms with E-state index in [1.807, 2.05) is 0 Å². The van der Waals surface area contributed by atoms with Gasteiger partial charge in [-0.3, -0.25) is 0 Å². The van der Waals surface area contributed by atoms with Crippen LogP contribution in [0.2, 0.25) is 0 Å². The smallest absolute Gasteiger partial charge is 0.0587 e. The number of ether oxygens (including phenoxy) is 1. The Bertz CT molecular complexity index is 165. The van der Waals surface area contributed by atoms with Crippen LogP contribution >= 0.6 is 0 Å². The first-order valence-electron chi connectivity index (χ1n) is 6.07. The summed E-state index contributed by atoms with van der Waals surface area (Å²) in [7, 11) is 1.79. The van der Waals surface area contributed by atoms with Gasteiger partial charge in [0.1, 0.15) is 0 Å². The number of aliphatic hydroxyl groups excluding tert-OH is 1. The molecule has 0 radical (unpaired) electrons. The van der Waals surface area contributed by atoms with E-state index in [-0.39, 0.29) is 12.6 Å². The zero-order valence-electron chi connectivity index (χ0n) is 10.2. The first-order valence-corrected chi connectivity index (χ1v) is 6.07. The van der Waals surface area contributed by atoms with Crippen molar-refractivity contribution < 1.29 is 9.84 Å². The molecule has 3 nitrogen and oxygen atoms in total. The standard InChI is InChI=1S/C12H25NO2/c1-9(2)12(8-14)13-10-4-6-11(15-3)7-5-10/h9-14H,4-8H2,1-3H3/t10?,11?,12-/m1/s1. The van der Waals surface area contributed by atoms with Crippen molar-refractivity contribution in [2.75, 3.05) is 13.7 Å². The Labute approximate surface area is 93.2 Å². The molecule has 1 aliphatic carbocycles. The maximum Gasteiger partial charge on any atom is 0.0587 e. The van der Waals surface area contributed by atoms with Crippen LogP contribution in [0, 0.1) is 5.92 Å². The van der Waals surface area contributed by atoms with Crippen molar-refractivity contribution in [3.05, 3.63) is 0 Å². The molecule has 15 heavy (non-hydrogen) atoms. The SMILES string of the molecule is COC1CCC(N[C@H](CO)C(C)C)CC1. The van der Waals surface area contributed by atoms with Crippen molar-refractivity contribution in [1.82, 2.24) is 5.32 Å². The van der Waals surface area contributed by atoms with Crippen LogP contribution in [0.15, 0.2) is 0 Å². The quantitative estimate of drug-likeness (QED) is 0.731. The van der Waals surface area contributed by atoms with E-state index in [1.165, 1.54) is 12.8 Å². The Hall–Kier alpha value is -0.120. The molecule has 1 fully saturated rings. The minimum Gasteiger partial charge on any atom is -0.395 e. The molecule has 90 valence electrons. The fraction of sp³-hybridized carbons (Fsp3) is 1.00. The number of methoxy groups -OCH3 is 1. The zero-order valence-corrected chi connectivity index (χ0v) is 10.2. The lowest BCUT2D eigenvalue weighted by Crippen LogP contribution is -2.45. The molecule has 0 heterocycles. The maximum absolute atomic E-state index is 9.24. The van der Waals surface area contributed by atoms with Crippen molar-refractivity contribution in [2.45, 2.75) is 57.7 Å².